The van der Waals surface area contributed by atoms with Gasteiger partial charge in [0.15, 0.2) is 0 Å². The molecule has 1 aliphatic heterocycles. The normalized spacial score (nSPS) is 24.1. The van der Waals surface area contributed by atoms with E-state index in [9.17, 15) is 4.79 Å². The van der Waals surface area contributed by atoms with Gasteiger partial charge in [-0.25, -0.2) is 0 Å². The van der Waals surface area contributed by atoms with Crippen LogP contribution in [0.15, 0.2) is 28.7 Å². The first kappa shape index (κ1) is 15.5. The average molecular weight is 339 g/mol. The second kappa shape index (κ2) is 7.23. The zero-order valence-electron chi connectivity index (χ0n) is 12.2. The second-order valence-electron chi connectivity index (χ2n) is 5.82. The molecular weight excluding hydrogens is 316 g/mol. The van der Waals surface area contributed by atoms with Crippen LogP contribution in [0.4, 0.5) is 0 Å². The summed E-state index contributed by atoms with van der Waals surface area (Å²) >= 11 is 3.43. The number of hydrogen-bond donors (Lipinski definition) is 2. The molecule has 1 amide bonds. The van der Waals surface area contributed by atoms with E-state index in [1.54, 1.807) is 0 Å². The summed E-state index contributed by atoms with van der Waals surface area (Å²) in [6.07, 6.45) is 2.76. The summed E-state index contributed by atoms with van der Waals surface area (Å²) in [6, 6.07) is 8.89. The van der Waals surface area contributed by atoms with Crippen LogP contribution in [0, 0.1) is 5.92 Å². The number of carbonyl (C=O) groups is 1. The SMILES string of the molecule is CC1CC(C(=O)NC(C)Cc2ccc(Br)cc2)CCN1. The van der Waals surface area contributed by atoms with Gasteiger partial charge in [-0.05, 0) is 57.4 Å². The van der Waals surface area contributed by atoms with Crippen molar-refractivity contribution in [1.29, 1.82) is 0 Å². The summed E-state index contributed by atoms with van der Waals surface area (Å²) in [5.74, 6) is 0.376. The Bertz CT molecular complexity index is 446. The summed E-state index contributed by atoms with van der Waals surface area (Å²) in [4.78, 5) is 12.3. The molecule has 4 heteroatoms. The highest BCUT2D eigenvalue weighted by Gasteiger charge is 2.25. The van der Waals surface area contributed by atoms with Crippen molar-refractivity contribution in [3.63, 3.8) is 0 Å². The van der Waals surface area contributed by atoms with Crippen molar-refractivity contribution < 1.29 is 4.79 Å². The number of carbonyl (C=O) groups excluding carboxylic acids is 1. The van der Waals surface area contributed by atoms with Gasteiger partial charge in [-0.1, -0.05) is 28.1 Å². The van der Waals surface area contributed by atoms with Crippen molar-refractivity contribution in [1.82, 2.24) is 10.6 Å². The Hall–Kier alpha value is -0.870. The third kappa shape index (κ3) is 4.60. The zero-order chi connectivity index (χ0) is 14.5. The lowest BCUT2D eigenvalue weighted by molar-refractivity contribution is -0.126. The van der Waals surface area contributed by atoms with Gasteiger partial charge in [-0.3, -0.25) is 4.79 Å². The number of rotatable bonds is 4. The van der Waals surface area contributed by atoms with E-state index in [1.807, 2.05) is 12.1 Å². The number of benzene rings is 1. The molecule has 1 aliphatic rings. The first-order chi connectivity index (χ1) is 9.54. The van der Waals surface area contributed by atoms with Crippen LogP contribution in [0.2, 0.25) is 0 Å². The largest absolute Gasteiger partial charge is 0.353 e. The second-order valence-corrected chi connectivity index (χ2v) is 6.73. The summed E-state index contributed by atoms with van der Waals surface area (Å²) < 4.78 is 1.08. The van der Waals surface area contributed by atoms with Crippen molar-refractivity contribution in [2.45, 2.75) is 45.2 Å². The van der Waals surface area contributed by atoms with Gasteiger partial charge in [0.05, 0.1) is 0 Å². The molecule has 0 bridgehead atoms. The summed E-state index contributed by atoms with van der Waals surface area (Å²) in [7, 11) is 0. The molecule has 110 valence electrons. The minimum absolute atomic E-state index is 0.165. The molecule has 0 radical (unpaired) electrons. The van der Waals surface area contributed by atoms with E-state index in [2.05, 4.69) is 52.5 Å². The van der Waals surface area contributed by atoms with Gasteiger partial charge >= 0.3 is 0 Å². The fourth-order valence-electron chi connectivity index (χ4n) is 2.76. The van der Waals surface area contributed by atoms with Crippen molar-refractivity contribution in [3.05, 3.63) is 34.3 Å². The van der Waals surface area contributed by atoms with E-state index in [-0.39, 0.29) is 17.9 Å². The van der Waals surface area contributed by atoms with Crippen LogP contribution in [0.1, 0.15) is 32.3 Å². The number of nitrogens with one attached hydrogen (secondary N) is 2. The Morgan fingerprint density at radius 2 is 2.15 bits per heavy atom. The van der Waals surface area contributed by atoms with Crippen LogP contribution in [0.5, 0.6) is 0 Å². The Morgan fingerprint density at radius 1 is 1.45 bits per heavy atom. The quantitative estimate of drug-likeness (QED) is 0.886. The Morgan fingerprint density at radius 3 is 2.80 bits per heavy atom. The number of halogens is 1. The lowest BCUT2D eigenvalue weighted by atomic mass is 9.92. The molecule has 1 aromatic rings. The molecule has 1 saturated heterocycles. The van der Waals surface area contributed by atoms with Gasteiger partial charge in [0, 0.05) is 22.5 Å². The molecule has 1 aromatic carbocycles. The van der Waals surface area contributed by atoms with Crippen LogP contribution in [0.25, 0.3) is 0 Å². The standard InChI is InChI=1S/C16H23BrN2O/c1-11-10-14(7-8-18-11)16(20)19-12(2)9-13-3-5-15(17)6-4-13/h3-6,11-12,14,18H,7-10H2,1-2H3,(H,19,20). The van der Waals surface area contributed by atoms with Crippen LogP contribution >= 0.6 is 15.9 Å². The highest BCUT2D eigenvalue weighted by Crippen LogP contribution is 2.17. The van der Waals surface area contributed by atoms with E-state index >= 15 is 0 Å². The Labute approximate surface area is 129 Å². The first-order valence-corrected chi connectivity index (χ1v) is 8.12. The Balaban J connectivity index is 1.82. The van der Waals surface area contributed by atoms with E-state index < -0.39 is 0 Å². The predicted octanol–water partition coefficient (Wildman–Crippen LogP) is 2.88. The van der Waals surface area contributed by atoms with Crippen LogP contribution in [-0.2, 0) is 11.2 Å². The maximum absolute atomic E-state index is 12.3. The minimum atomic E-state index is 0.165. The lowest BCUT2D eigenvalue weighted by Crippen LogP contribution is -2.45. The fourth-order valence-corrected chi connectivity index (χ4v) is 3.02. The zero-order valence-corrected chi connectivity index (χ0v) is 13.7. The predicted molar refractivity (Wildman–Crippen MR) is 85.6 cm³/mol. The van der Waals surface area contributed by atoms with Crippen molar-refractivity contribution in [2.24, 2.45) is 5.92 Å². The van der Waals surface area contributed by atoms with Gasteiger partial charge in [0.1, 0.15) is 0 Å². The van der Waals surface area contributed by atoms with E-state index in [4.69, 9.17) is 0 Å². The maximum atomic E-state index is 12.3. The first-order valence-electron chi connectivity index (χ1n) is 7.33. The summed E-state index contributed by atoms with van der Waals surface area (Å²) in [5.41, 5.74) is 1.25. The number of piperidine rings is 1. The van der Waals surface area contributed by atoms with Gasteiger partial charge in [-0.15, -0.1) is 0 Å². The molecule has 0 spiro atoms. The third-order valence-electron chi connectivity index (χ3n) is 3.84. The molecule has 1 fully saturated rings. The van der Waals surface area contributed by atoms with E-state index in [0.29, 0.717) is 6.04 Å². The third-order valence-corrected chi connectivity index (χ3v) is 4.37. The monoisotopic (exact) mass is 338 g/mol. The number of amides is 1. The highest BCUT2D eigenvalue weighted by atomic mass is 79.9. The molecule has 2 rings (SSSR count). The van der Waals surface area contributed by atoms with Crippen LogP contribution in [-0.4, -0.2) is 24.5 Å². The Kier molecular flexibility index (Phi) is 5.61. The fraction of sp³-hybridized carbons (Fsp3) is 0.562. The molecule has 0 saturated carbocycles. The summed E-state index contributed by atoms with van der Waals surface area (Å²) in [5, 5.41) is 6.54. The molecule has 0 aromatic heterocycles. The molecule has 3 unspecified atom stereocenters. The molecule has 3 nitrogen and oxygen atoms in total. The molecular formula is C16H23BrN2O. The number of hydrogen-bond acceptors (Lipinski definition) is 2. The van der Waals surface area contributed by atoms with Gasteiger partial charge in [-0.2, -0.15) is 0 Å². The van der Waals surface area contributed by atoms with Crippen LogP contribution < -0.4 is 10.6 Å². The molecule has 20 heavy (non-hydrogen) atoms. The molecule has 2 N–H and O–H groups in total. The van der Waals surface area contributed by atoms with E-state index in [1.165, 1.54) is 5.56 Å². The molecule has 3 atom stereocenters. The lowest BCUT2D eigenvalue weighted by Gasteiger charge is -2.28. The van der Waals surface area contributed by atoms with Crippen molar-refractivity contribution in [2.75, 3.05) is 6.54 Å². The van der Waals surface area contributed by atoms with Gasteiger partial charge in [0.2, 0.25) is 5.91 Å². The topological polar surface area (TPSA) is 41.1 Å². The van der Waals surface area contributed by atoms with Gasteiger partial charge < -0.3 is 10.6 Å². The summed E-state index contributed by atoms with van der Waals surface area (Å²) in [6.45, 7) is 5.16. The molecule has 0 aliphatic carbocycles. The minimum Gasteiger partial charge on any atom is -0.353 e. The van der Waals surface area contributed by atoms with Crippen LogP contribution in [0.3, 0.4) is 0 Å². The molecule has 1 heterocycles. The van der Waals surface area contributed by atoms with Gasteiger partial charge in [0.25, 0.3) is 0 Å². The highest BCUT2D eigenvalue weighted by molar-refractivity contribution is 9.10. The average Bonchev–Trinajstić information content (AvgIpc) is 2.41. The maximum Gasteiger partial charge on any atom is 0.223 e. The smallest absolute Gasteiger partial charge is 0.223 e. The van der Waals surface area contributed by atoms with Crippen molar-refractivity contribution >= 4 is 21.8 Å². The van der Waals surface area contributed by atoms with Crippen molar-refractivity contribution in [3.8, 4) is 0 Å². The van der Waals surface area contributed by atoms with E-state index in [0.717, 1.165) is 30.3 Å².